The van der Waals surface area contributed by atoms with Crippen LogP contribution in [0.4, 0.5) is 0 Å². The molecule has 0 unspecified atom stereocenters. The van der Waals surface area contributed by atoms with Crippen LogP contribution in [-0.2, 0) is 13.1 Å². The van der Waals surface area contributed by atoms with Crippen LogP contribution in [0.5, 0.6) is 0 Å². The van der Waals surface area contributed by atoms with Crippen molar-refractivity contribution in [1.82, 2.24) is 4.57 Å². The maximum absolute atomic E-state index is 5.83. The van der Waals surface area contributed by atoms with Crippen molar-refractivity contribution in [1.29, 1.82) is 0 Å². The standard InChI is InChI=1S/C16H22N2/c1-2-3-4-5-8-11-18-15(13-17)12-14-9-6-7-10-16(14)18/h2,6-7,9-10,12H,1,3-5,8,11,13,17H2. The van der Waals surface area contributed by atoms with Gasteiger partial charge in [0, 0.05) is 24.3 Å². The first-order valence-corrected chi connectivity index (χ1v) is 6.75. The number of aryl methyl sites for hydroxylation is 1. The van der Waals surface area contributed by atoms with E-state index in [2.05, 4.69) is 41.5 Å². The first kappa shape index (κ1) is 12.9. The number of hydrogen-bond acceptors (Lipinski definition) is 1. The molecule has 0 atom stereocenters. The lowest BCUT2D eigenvalue weighted by atomic mass is 10.2. The minimum atomic E-state index is 0.612. The molecule has 0 saturated heterocycles. The number of rotatable bonds is 7. The fourth-order valence-electron chi connectivity index (χ4n) is 2.44. The molecule has 0 aliphatic rings. The van der Waals surface area contributed by atoms with Crippen LogP contribution in [0.3, 0.4) is 0 Å². The van der Waals surface area contributed by atoms with Gasteiger partial charge in [-0.1, -0.05) is 30.7 Å². The summed E-state index contributed by atoms with van der Waals surface area (Å²) in [7, 11) is 0. The molecular formula is C16H22N2. The number of unbranched alkanes of at least 4 members (excludes halogenated alkanes) is 3. The minimum absolute atomic E-state index is 0.612. The van der Waals surface area contributed by atoms with Crippen molar-refractivity contribution < 1.29 is 0 Å². The molecule has 96 valence electrons. The van der Waals surface area contributed by atoms with Gasteiger partial charge in [0.1, 0.15) is 0 Å². The maximum Gasteiger partial charge on any atom is 0.0482 e. The molecule has 0 saturated carbocycles. The third-order valence-corrected chi connectivity index (χ3v) is 3.40. The molecule has 0 aliphatic heterocycles. The Kier molecular flexibility index (Phi) is 4.59. The summed E-state index contributed by atoms with van der Waals surface area (Å²) in [5, 5.41) is 1.30. The minimum Gasteiger partial charge on any atom is -0.343 e. The summed E-state index contributed by atoms with van der Waals surface area (Å²) in [5.74, 6) is 0. The molecule has 1 heterocycles. The zero-order chi connectivity index (χ0) is 12.8. The van der Waals surface area contributed by atoms with Crippen LogP contribution in [0.1, 0.15) is 31.4 Å². The lowest BCUT2D eigenvalue weighted by Crippen LogP contribution is -2.07. The molecule has 2 N–H and O–H groups in total. The highest BCUT2D eigenvalue weighted by Gasteiger charge is 2.06. The monoisotopic (exact) mass is 242 g/mol. The van der Waals surface area contributed by atoms with Crippen molar-refractivity contribution in [2.45, 2.75) is 38.8 Å². The first-order valence-electron chi connectivity index (χ1n) is 6.75. The smallest absolute Gasteiger partial charge is 0.0482 e. The van der Waals surface area contributed by atoms with E-state index in [4.69, 9.17) is 5.73 Å². The van der Waals surface area contributed by atoms with E-state index in [1.807, 2.05) is 6.08 Å². The summed E-state index contributed by atoms with van der Waals surface area (Å²) in [6.45, 7) is 5.43. The highest BCUT2D eigenvalue weighted by molar-refractivity contribution is 5.81. The Morgan fingerprint density at radius 1 is 1.17 bits per heavy atom. The van der Waals surface area contributed by atoms with Gasteiger partial charge >= 0.3 is 0 Å². The Balaban J connectivity index is 2.08. The molecule has 0 spiro atoms. The number of fused-ring (bicyclic) bond motifs is 1. The Hall–Kier alpha value is -1.54. The molecule has 2 heteroatoms. The van der Waals surface area contributed by atoms with Gasteiger partial charge in [-0.25, -0.2) is 0 Å². The summed E-state index contributed by atoms with van der Waals surface area (Å²) in [6.07, 6.45) is 6.81. The second-order valence-electron chi connectivity index (χ2n) is 4.69. The van der Waals surface area contributed by atoms with Crippen LogP contribution < -0.4 is 5.73 Å². The second-order valence-corrected chi connectivity index (χ2v) is 4.69. The van der Waals surface area contributed by atoms with Crippen molar-refractivity contribution >= 4 is 10.9 Å². The van der Waals surface area contributed by atoms with Crippen LogP contribution in [0.15, 0.2) is 43.0 Å². The number of allylic oxidation sites excluding steroid dienone is 1. The normalized spacial score (nSPS) is 10.9. The summed E-state index contributed by atoms with van der Waals surface area (Å²) in [5.41, 5.74) is 8.38. The third-order valence-electron chi connectivity index (χ3n) is 3.40. The SMILES string of the molecule is C=CCCCCCn1c(CN)cc2ccccc21. The van der Waals surface area contributed by atoms with Crippen LogP contribution in [0.25, 0.3) is 10.9 Å². The van der Waals surface area contributed by atoms with Gasteiger partial charge in [-0.2, -0.15) is 0 Å². The average molecular weight is 242 g/mol. The van der Waals surface area contributed by atoms with Crippen molar-refractivity contribution in [2.75, 3.05) is 0 Å². The number of hydrogen-bond donors (Lipinski definition) is 1. The van der Waals surface area contributed by atoms with Crippen LogP contribution in [0, 0.1) is 0 Å². The van der Waals surface area contributed by atoms with E-state index in [-0.39, 0.29) is 0 Å². The molecule has 0 radical (unpaired) electrons. The quantitative estimate of drug-likeness (QED) is 0.580. The Bertz CT molecular complexity index is 511. The van der Waals surface area contributed by atoms with Crippen molar-refractivity contribution in [3.63, 3.8) is 0 Å². The lowest BCUT2D eigenvalue weighted by Gasteiger charge is -2.09. The molecule has 0 fully saturated rings. The van der Waals surface area contributed by atoms with E-state index in [9.17, 15) is 0 Å². The van der Waals surface area contributed by atoms with Gasteiger partial charge in [0.15, 0.2) is 0 Å². The third kappa shape index (κ3) is 2.82. The van der Waals surface area contributed by atoms with Crippen molar-refractivity contribution in [2.24, 2.45) is 5.73 Å². The molecular weight excluding hydrogens is 220 g/mol. The zero-order valence-corrected chi connectivity index (χ0v) is 10.9. The van der Waals surface area contributed by atoms with Gasteiger partial charge in [-0.3, -0.25) is 0 Å². The second kappa shape index (κ2) is 6.41. The van der Waals surface area contributed by atoms with E-state index in [1.165, 1.54) is 35.9 Å². The van der Waals surface area contributed by atoms with Crippen molar-refractivity contribution in [3.8, 4) is 0 Å². The summed E-state index contributed by atoms with van der Waals surface area (Å²) in [6, 6.07) is 10.7. The molecule has 2 aromatic rings. The number of benzene rings is 1. The van der Waals surface area contributed by atoms with Crippen LogP contribution in [0.2, 0.25) is 0 Å². The molecule has 18 heavy (non-hydrogen) atoms. The van der Waals surface area contributed by atoms with Crippen LogP contribution >= 0.6 is 0 Å². The summed E-state index contributed by atoms with van der Waals surface area (Å²) in [4.78, 5) is 0. The Labute approximate surface area is 109 Å². The van der Waals surface area contributed by atoms with Crippen molar-refractivity contribution in [3.05, 3.63) is 48.7 Å². The predicted molar refractivity (Wildman–Crippen MR) is 78.5 cm³/mol. The highest BCUT2D eigenvalue weighted by Crippen LogP contribution is 2.20. The van der Waals surface area contributed by atoms with Gasteiger partial charge in [-0.15, -0.1) is 6.58 Å². The van der Waals surface area contributed by atoms with E-state index in [1.54, 1.807) is 0 Å². The van der Waals surface area contributed by atoms with Gasteiger partial charge in [0.2, 0.25) is 0 Å². The topological polar surface area (TPSA) is 30.9 Å². The molecule has 1 aromatic heterocycles. The predicted octanol–water partition coefficient (Wildman–Crippen LogP) is 3.85. The number of nitrogens with two attached hydrogens (primary N) is 1. The molecule has 0 aliphatic carbocycles. The lowest BCUT2D eigenvalue weighted by molar-refractivity contribution is 0.588. The van der Waals surface area contributed by atoms with Gasteiger partial charge in [-0.05, 0) is 36.8 Å². The molecule has 0 amide bonds. The first-order chi connectivity index (χ1) is 8.86. The maximum atomic E-state index is 5.83. The van der Waals surface area contributed by atoms with E-state index < -0.39 is 0 Å². The Morgan fingerprint density at radius 2 is 2.00 bits per heavy atom. The number of para-hydroxylation sites is 1. The highest BCUT2D eigenvalue weighted by atomic mass is 15.0. The Morgan fingerprint density at radius 3 is 2.78 bits per heavy atom. The molecule has 1 aromatic carbocycles. The van der Waals surface area contributed by atoms with Crippen LogP contribution in [-0.4, -0.2) is 4.57 Å². The molecule has 0 bridgehead atoms. The molecule has 2 rings (SSSR count). The zero-order valence-electron chi connectivity index (χ0n) is 10.9. The summed E-state index contributed by atoms with van der Waals surface area (Å²) < 4.78 is 2.36. The van der Waals surface area contributed by atoms with Gasteiger partial charge in [0.05, 0.1) is 0 Å². The fourth-order valence-corrected chi connectivity index (χ4v) is 2.44. The average Bonchev–Trinajstić information content (AvgIpc) is 2.77. The van der Waals surface area contributed by atoms with E-state index in [0.29, 0.717) is 6.54 Å². The van der Waals surface area contributed by atoms with Gasteiger partial charge in [0.25, 0.3) is 0 Å². The fraction of sp³-hybridized carbons (Fsp3) is 0.375. The largest absolute Gasteiger partial charge is 0.343 e. The summed E-state index contributed by atoms with van der Waals surface area (Å²) >= 11 is 0. The van der Waals surface area contributed by atoms with E-state index >= 15 is 0 Å². The number of nitrogens with zero attached hydrogens (tertiary/aromatic N) is 1. The number of aromatic nitrogens is 1. The van der Waals surface area contributed by atoms with E-state index in [0.717, 1.165) is 13.0 Å². The van der Waals surface area contributed by atoms with Gasteiger partial charge < -0.3 is 10.3 Å². The molecule has 2 nitrogen and oxygen atoms in total.